The van der Waals surface area contributed by atoms with Crippen molar-refractivity contribution in [1.29, 1.82) is 0 Å². The molecule has 2 rings (SSSR count). The van der Waals surface area contributed by atoms with E-state index < -0.39 is 0 Å². The monoisotopic (exact) mass is 230 g/mol. The lowest BCUT2D eigenvalue weighted by Crippen LogP contribution is -1.92. The Hall–Kier alpha value is -1.35. The van der Waals surface area contributed by atoms with Crippen molar-refractivity contribution in [1.82, 2.24) is 9.97 Å². The highest BCUT2D eigenvalue weighted by molar-refractivity contribution is 7.99. The molecule has 0 bridgehead atoms. The van der Waals surface area contributed by atoms with Gasteiger partial charge in [-0.15, -0.1) is 11.8 Å². The van der Waals surface area contributed by atoms with Gasteiger partial charge in [0.25, 0.3) is 0 Å². The summed E-state index contributed by atoms with van der Waals surface area (Å²) in [7, 11) is 0. The molecule has 2 aromatic heterocycles. The second-order valence-electron chi connectivity index (χ2n) is 3.59. The molecule has 0 aromatic carbocycles. The fourth-order valence-corrected chi connectivity index (χ4v) is 2.16. The zero-order valence-electron chi connectivity index (χ0n) is 9.26. The largest absolute Gasteiger partial charge is 0.261 e. The zero-order chi connectivity index (χ0) is 11.2. The first-order chi connectivity index (χ1) is 7.84. The topological polar surface area (TPSA) is 25.8 Å². The molecule has 82 valence electrons. The average Bonchev–Trinajstić information content (AvgIpc) is 2.33. The van der Waals surface area contributed by atoms with Crippen LogP contribution in [0.3, 0.4) is 0 Å². The number of nitrogens with zero attached hydrogens (tertiary/aromatic N) is 2. The molecule has 0 saturated heterocycles. The summed E-state index contributed by atoms with van der Waals surface area (Å²) >= 11 is 1.77. The maximum Gasteiger partial charge on any atom is 0.0960 e. The van der Waals surface area contributed by atoms with Gasteiger partial charge in [-0.1, -0.05) is 12.1 Å². The average molecular weight is 230 g/mol. The van der Waals surface area contributed by atoms with E-state index in [9.17, 15) is 0 Å². The maximum atomic E-state index is 4.35. The van der Waals surface area contributed by atoms with Gasteiger partial charge in [-0.3, -0.25) is 4.98 Å². The van der Waals surface area contributed by atoms with Gasteiger partial charge in [0.1, 0.15) is 0 Å². The van der Waals surface area contributed by atoms with Crippen LogP contribution in [0.1, 0.15) is 11.3 Å². The lowest BCUT2D eigenvalue weighted by atomic mass is 10.3. The second kappa shape index (κ2) is 5.66. The maximum absolute atomic E-state index is 4.35. The highest BCUT2D eigenvalue weighted by atomic mass is 32.2. The summed E-state index contributed by atoms with van der Waals surface area (Å²) in [4.78, 5) is 8.64. The van der Waals surface area contributed by atoms with Crippen molar-refractivity contribution in [3.63, 3.8) is 0 Å². The molecule has 0 spiro atoms. The van der Waals surface area contributed by atoms with Crippen LogP contribution in [0.15, 0.2) is 47.8 Å². The summed E-state index contributed by atoms with van der Waals surface area (Å²) in [5.74, 6) is 1.02. The highest BCUT2D eigenvalue weighted by Crippen LogP contribution is 2.16. The molecule has 0 aliphatic rings. The number of thioether (sulfide) groups is 1. The molecule has 0 radical (unpaired) electrons. The Morgan fingerprint density at radius 1 is 1.12 bits per heavy atom. The van der Waals surface area contributed by atoms with Gasteiger partial charge in [0.2, 0.25) is 0 Å². The van der Waals surface area contributed by atoms with Crippen LogP contribution in [0.4, 0.5) is 0 Å². The van der Waals surface area contributed by atoms with Crippen molar-refractivity contribution in [3.8, 4) is 0 Å². The fourth-order valence-electron chi connectivity index (χ4n) is 1.35. The third kappa shape index (κ3) is 3.35. The minimum Gasteiger partial charge on any atom is -0.261 e. The van der Waals surface area contributed by atoms with Gasteiger partial charge in [-0.2, -0.15) is 0 Å². The molecule has 2 heterocycles. The van der Waals surface area contributed by atoms with Crippen molar-refractivity contribution in [2.45, 2.75) is 18.4 Å². The lowest BCUT2D eigenvalue weighted by Gasteiger charge is -2.01. The molecule has 0 aliphatic heterocycles. The minimum atomic E-state index is 0.987. The molecule has 2 nitrogen and oxygen atoms in total. The van der Waals surface area contributed by atoms with Gasteiger partial charge in [0, 0.05) is 23.8 Å². The van der Waals surface area contributed by atoms with Crippen molar-refractivity contribution in [2.75, 3.05) is 5.75 Å². The zero-order valence-corrected chi connectivity index (χ0v) is 10.1. The van der Waals surface area contributed by atoms with Crippen LogP contribution in [-0.4, -0.2) is 15.7 Å². The van der Waals surface area contributed by atoms with Gasteiger partial charge >= 0.3 is 0 Å². The van der Waals surface area contributed by atoms with E-state index in [2.05, 4.69) is 35.1 Å². The summed E-state index contributed by atoms with van der Waals surface area (Å²) in [5, 5.41) is 1.08. The van der Waals surface area contributed by atoms with Crippen LogP contribution < -0.4 is 0 Å². The molecule has 0 fully saturated rings. The number of hydrogen-bond acceptors (Lipinski definition) is 3. The number of rotatable bonds is 4. The van der Waals surface area contributed by atoms with Crippen LogP contribution in [0.5, 0.6) is 0 Å². The molecule has 0 saturated carbocycles. The summed E-state index contributed by atoms with van der Waals surface area (Å²) in [6, 6.07) is 10.2. The van der Waals surface area contributed by atoms with Crippen molar-refractivity contribution in [2.24, 2.45) is 0 Å². The first-order valence-electron chi connectivity index (χ1n) is 5.30. The van der Waals surface area contributed by atoms with Crippen LogP contribution in [-0.2, 0) is 6.42 Å². The van der Waals surface area contributed by atoms with Crippen LogP contribution in [0.2, 0.25) is 0 Å². The Morgan fingerprint density at radius 2 is 2.06 bits per heavy atom. The molecule has 0 aliphatic carbocycles. The molecule has 0 amide bonds. The molecule has 0 N–H and O–H groups in total. The van der Waals surface area contributed by atoms with Gasteiger partial charge in [0.05, 0.1) is 5.03 Å². The molecule has 0 unspecified atom stereocenters. The van der Waals surface area contributed by atoms with E-state index in [-0.39, 0.29) is 0 Å². The number of aryl methyl sites for hydroxylation is 2. The minimum absolute atomic E-state index is 0.987. The van der Waals surface area contributed by atoms with Gasteiger partial charge in [-0.05, 0) is 37.1 Å². The van der Waals surface area contributed by atoms with Crippen molar-refractivity contribution in [3.05, 3.63) is 54.0 Å². The van der Waals surface area contributed by atoms with E-state index in [0.717, 1.165) is 22.9 Å². The summed E-state index contributed by atoms with van der Waals surface area (Å²) in [5.41, 5.74) is 2.34. The van der Waals surface area contributed by atoms with E-state index in [1.54, 1.807) is 11.8 Å². The Balaban J connectivity index is 1.82. The Labute approximate surface area is 100 Å². The summed E-state index contributed by atoms with van der Waals surface area (Å²) in [6.45, 7) is 2.05. The highest BCUT2D eigenvalue weighted by Gasteiger charge is 1.97. The van der Waals surface area contributed by atoms with Gasteiger partial charge < -0.3 is 0 Å². The molecular formula is C13H14N2S. The molecular weight excluding hydrogens is 216 g/mol. The van der Waals surface area contributed by atoms with Crippen LogP contribution >= 0.6 is 11.8 Å². The standard InChI is InChI=1S/C13H14N2S/c1-11-5-6-13(15-10-11)16-9-7-12-4-2-3-8-14-12/h2-6,8,10H,7,9H2,1H3. The molecule has 2 aromatic rings. The first kappa shape index (κ1) is 11.1. The van der Waals surface area contributed by atoms with E-state index in [1.807, 2.05) is 24.5 Å². The number of aromatic nitrogens is 2. The Morgan fingerprint density at radius 3 is 2.75 bits per heavy atom. The van der Waals surface area contributed by atoms with E-state index in [4.69, 9.17) is 0 Å². The predicted octanol–water partition coefficient (Wildman–Crippen LogP) is 3.12. The summed E-state index contributed by atoms with van der Waals surface area (Å²) < 4.78 is 0. The van der Waals surface area contributed by atoms with Crippen molar-refractivity contribution >= 4 is 11.8 Å². The predicted molar refractivity (Wildman–Crippen MR) is 67.6 cm³/mol. The van der Waals surface area contributed by atoms with E-state index in [0.29, 0.717) is 0 Å². The normalized spacial score (nSPS) is 10.3. The molecule has 16 heavy (non-hydrogen) atoms. The fraction of sp³-hybridized carbons (Fsp3) is 0.231. The lowest BCUT2D eigenvalue weighted by molar-refractivity contribution is 1.04. The van der Waals surface area contributed by atoms with Gasteiger partial charge in [0.15, 0.2) is 0 Å². The van der Waals surface area contributed by atoms with E-state index in [1.165, 1.54) is 5.56 Å². The van der Waals surface area contributed by atoms with Crippen LogP contribution in [0, 0.1) is 6.92 Å². The summed E-state index contributed by atoms with van der Waals surface area (Å²) in [6.07, 6.45) is 4.73. The van der Waals surface area contributed by atoms with Crippen LogP contribution in [0.25, 0.3) is 0 Å². The molecule has 3 heteroatoms. The Kier molecular flexibility index (Phi) is 3.94. The molecule has 0 atom stereocenters. The Bertz CT molecular complexity index is 425. The quantitative estimate of drug-likeness (QED) is 0.755. The first-order valence-corrected chi connectivity index (χ1v) is 6.28. The smallest absolute Gasteiger partial charge is 0.0960 e. The van der Waals surface area contributed by atoms with E-state index >= 15 is 0 Å². The number of pyridine rings is 2. The third-order valence-electron chi connectivity index (χ3n) is 2.22. The SMILES string of the molecule is Cc1ccc(SCCc2ccccn2)nc1. The number of hydrogen-bond donors (Lipinski definition) is 0. The second-order valence-corrected chi connectivity index (χ2v) is 4.71. The third-order valence-corrected chi connectivity index (χ3v) is 3.16. The van der Waals surface area contributed by atoms with Crippen molar-refractivity contribution < 1.29 is 0 Å². The van der Waals surface area contributed by atoms with Gasteiger partial charge in [-0.25, -0.2) is 4.98 Å².